The third-order valence-corrected chi connectivity index (χ3v) is 6.21. The molecule has 3 aromatic rings. The largest absolute Gasteiger partial charge is 0.273 e. The maximum absolute atomic E-state index is 12.2. The van der Waals surface area contributed by atoms with Gasteiger partial charge in [0.2, 0.25) is 5.91 Å². The summed E-state index contributed by atoms with van der Waals surface area (Å²) in [6, 6.07) is 20.0. The third-order valence-electron chi connectivity index (χ3n) is 6.21. The first-order valence-electron chi connectivity index (χ1n) is 13.3. The van der Waals surface area contributed by atoms with Gasteiger partial charge in [-0.15, -0.1) is 0 Å². The van der Waals surface area contributed by atoms with Gasteiger partial charge < -0.3 is 0 Å². The number of nitrogens with one attached hydrogen (secondary N) is 1. The number of hydrogen-bond donors (Lipinski definition) is 1. The molecule has 5 nitrogen and oxygen atoms in total. The molecular weight excluding hydrogens is 432 g/mol. The van der Waals surface area contributed by atoms with Crippen molar-refractivity contribution in [3.8, 4) is 16.9 Å². The Morgan fingerprint density at radius 1 is 0.829 bits per heavy atom. The molecule has 0 aliphatic heterocycles. The van der Waals surface area contributed by atoms with E-state index in [9.17, 15) is 4.79 Å². The van der Waals surface area contributed by atoms with Crippen molar-refractivity contribution >= 4 is 12.1 Å². The van der Waals surface area contributed by atoms with E-state index < -0.39 is 0 Å². The van der Waals surface area contributed by atoms with Crippen molar-refractivity contribution in [2.75, 3.05) is 0 Å². The van der Waals surface area contributed by atoms with Crippen LogP contribution in [0.2, 0.25) is 0 Å². The van der Waals surface area contributed by atoms with Gasteiger partial charge in [0.15, 0.2) is 0 Å². The summed E-state index contributed by atoms with van der Waals surface area (Å²) in [6.45, 7) is 2.26. The summed E-state index contributed by atoms with van der Waals surface area (Å²) in [5, 5.41) is 9.00. The first-order chi connectivity index (χ1) is 17.3. The SMILES string of the molecule is CCCCCCCCCCCCCC(=O)N/N=C/c1cn(-c2ccccc2)nc1-c1ccccc1. The molecule has 0 aliphatic carbocycles. The fourth-order valence-electron chi connectivity index (χ4n) is 4.19. The average Bonchev–Trinajstić information content (AvgIpc) is 3.32. The molecule has 35 heavy (non-hydrogen) atoms. The van der Waals surface area contributed by atoms with Crippen molar-refractivity contribution in [2.45, 2.75) is 84.0 Å². The van der Waals surface area contributed by atoms with Crippen LogP contribution in [0.1, 0.15) is 89.5 Å². The molecule has 3 rings (SSSR count). The van der Waals surface area contributed by atoms with E-state index in [1.165, 1.54) is 57.8 Å². The second-order valence-corrected chi connectivity index (χ2v) is 9.16. The molecule has 5 heteroatoms. The van der Waals surface area contributed by atoms with Gasteiger partial charge in [0.25, 0.3) is 0 Å². The van der Waals surface area contributed by atoms with Crippen LogP contribution >= 0.6 is 0 Å². The molecule has 0 radical (unpaired) electrons. The smallest absolute Gasteiger partial charge is 0.240 e. The maximum atomic E-state index is 12.2. The van der Waals surface area contributed by atoms with Crippen LogP contribution < -0.4 is 5.43 Å². The van der Waals surface area contributed by atoms with Crippen LogP contribution in [-0.4, -0.2) is 21.9 Å². The highest BCUT2D eigenvalue weighted by atomic mass is 16.2. The molecule has 0 spiro atoms. The molecule has 2 aromatic carbocycles. The number of para-hydroxylation sites is 1. The zero-order chi connectivity index (χ0) is 24.6. The van der Waals surface area contributed by atoms with E-state index in [1.807, 2.05) is 71.5 Å². The van der Waals surface area contributed by atoms with Crippen LogP contribution in [0.3, 0.4) is 0 Å². The molecular formula is C30H40N4O. The lowest BCUT2D eigenvalue weighted by Crippen LogP contribution is -2.16. The molecule has 0 unspecified atom stereocenters. The van der Waals surface area contributed by atoms with Gasteiger partial charge in [-0.3, -0.25) is 4.79 Å². The number of unbranched alkanes of at least 4 members (excludes halogenated alkanes) is 10. The third kappa shape index (κ3) is 9.51. The summed E-state index contributed by atoms with van der Waals surface area (Å²) in [4.78, 5) is 12.2. The van der Waals surface area contributed by atoms with Gasteiger partial charge >= 0.3 is 0 Å². The second kappa shape index (κ2) is 15.6. The number of nitrogens with zero attached hydrogens (tertiary/aromatic N) is 3. The minimum Gasteiger partial charge on any atom is -0.273 e. The average molecular weight is 473 g/mol. The van der Waals surface area contributed by atoms with E-state index in [0.29, 0.717) is 6.42 Å². The fraction of sp³-hybridized carbons (Fsp3) is 0.433. The van der Waals surface area contributed by atoms with Crippen molar-refractivity contribution in [1.29, 1.82) is 0 Å². The zero-order valence-electron chi connectivity index (χ0n) is 21.2. The van der Waals surface area contributed by atoms with Crippen LogP contribution in [0.15, 0.2) is 72.0 Å². The lowest BCUT2D eigenvalue weighted by atomic mass is 10.1. The summed E-state index contributed by atoms with van der Waals surface area (Å²) < 4.78 is 1.84. The summed E-state index contributed by atoms with van der Waals surface area (Å²) >= 11 is 0. The predicted molar refractivity (Wildman–Crippen MR) is 146 cm³/mol. The molecule has 0 saturated carbocycles. The highest BCUT2D eigenvalue weighted by Gasteiger charge is 2.11. The van der Waals surface area contributed by atoms with Gasteiger partial charge in [0, 0.05) is 23.7 Å². The Labute approximate surface area is 210 Å². The van der Waals surface area contributed by atoms with E-state index in [-0.39, 0.29) is 5.91 Å². The Hall–Kier alpha value is -3.21. The van der Waals surface area contributed by atoms with Crippen molar-refractivity contribution in [3.63, 3.8) is 0 Å². The van der Waals surface area contributed by atoms with Gasteiger partial charge in [-0.25, -0.2) is 10.1 Å². The number of hydrazone groups is 1. The number of carbonyl (C=O) groups excluding carboxylic acids is 1. The number of benzene rings is 2. The van der Waals surface area contributed by atoms with E-state index >= 15 is 0 Å². The van der Waals surface area contributed by atoms with Crippen LogP contribution in [0.25, 0.3) is 16.9 Å². The first-order valence-corrected chi connectivity index (χ1v) is 13.3. The van der Waals surface area contributed by atoms with Crippen molar-refractivity contribution in [2.24, 2.45) is 5.10 Å². The quantitative estimate of drug-likeness (QED) is 0.132. The summed E-state index contributed by atoms with van der Waals surface area (Å²) in [6.07, 6.45) is 18.2. The van der Waals surface area contributed by atoms with Gasteiger partial charge in [0.1, 0.15) is 5.69 Å². The molecule has 0 fully saturated rings. The van der Waals surface area contributed by atoms with Crippen LogP contribution in [0, 0.1) is 0 Å². The Kier molecular flexibility index (Phi) is 11.8. The molecule has 1 amide bonds. The van der Waals surface area contributed by atoms with Gasteiger partial charge in [-0.2, -0.15) is 10.2 Å². The second-order valence-electron chi connectivity index (χ2n) is 9.16. The Balaban J connectivity index is 1.42. The highest BCUT2D eigenvalue weighted by molar-refractivity contribution is 5.89. The Bertz CT molecular complexity index is 1010. The number of amides is 1. The number of carbonyl (C=O) groups is 1. The molecule has 0 aliphatic rings. The predicted octanol–water partition coefficient (Wildman–Crippen LogP) is 7.69. The monoisotopic (exact) mass is 472 g/mol. The maximum Gasteiger partial charge on any atom is 0.240 e. The molecule has 1 N–H and O–H groups in total. The lowest BCUT2D eigenvalue weighted by molar-refractivity contribution is -0.121. The normalized spacial score (nSPS) is 11.2. The molecule has 186 valence electrons. The number of aromatic nitrogens is 2. The van der Waals surface area contributed by atoms with Crippen LogP contribution in [-0.2, 0) is 4.79 Å². The van der Waals surface area contributed by atoms with E-state index in [0.717, 1.165) is 35.3 Å². The van der Waals surface area contributed by atoms with Crippen LogP contribution in [0.5, 0.6) is 0 Å². The van der Waals surface area contributed by atoms with Crippen molar-refractivity contribution in [3.05, 3.63) is 72.4 Å². The zero-order valence-corrected chi connectivity index (χ0v) is 21.2. The van der Waals surface area contributed by atoms with Gasteiger partial charge in [-0.05, 0) is 18.6 Å². The topological polar surface area (TPSA) is 59.3 Å². The number of rotatable bonds is 16. The summed E-state index contributed by atoms with van der Waals surface area (Å²) in [7, 11) is 0. The van der Waals surface area contributed by atoms with Crippen LogP contribution in [0.4, 0.5) is 0 Å². The minimum atomic E-state index is -0.0334. The fourth-order valence-corrected chi connectivity index (χ4v) is 4.19. The highest BCUT2D eigenvalue weighted by Crippen LogP contribution is 2.22. The molecule has 1 heterocycles. The standard InChI is InChI=1S/C30H40N4O/c1-2-3-4-5-6-7-8-9-10-11-18-23-29(35)32-31-24-27-25-34(28-21-16-13-17-22-28)33-30(27)26-19-14-12-15-20-26/h12-17,19-22,24-25H,2-11,18,23H2,1H3,(H,32,35)/b31-24+. The minimum absolute atomic E-state index is 0.0334. The molecule has 0 saturated heterocycles. The first kappa shape index (κ1) is 26.4. The van der Waals surface area contributed by atoms with Gasteiger partial charge in [0.05, 0.1) is 11.9 Å². The van der Waals surface area contributed by atoms with E-state index in [1.54, 1.807) is 6.21 Å². The Morgan fingerprint density at radius 3 is 2.03 bits per heavy atom. The lowest BCUT2D eigenvalue weighted by Gasteiger charge is -2.03. The Morgan fingerprint density at radius 2 is 1.40 bits per heavy atom. The van der Waals surface area contributed by atoms with E-state index in [2.05, 4.69) is 17.5 Å². The van der Waals surface area contributed by atoms with Crippen molar-refractivity contribution in [1.82, 2.24) is 15.2 Å². The molecule has 0 bridgehead atoms. The summed E-state index contributed by atoms with van der Waals surface area (Å²) in [5.41, 5.74) is 6.36. The number of hydrogen-bond acceptors (Lipinski definition) is 3. The van der Waals surface area contributed by atoms with Crippen molar-refractivity contribution < 1.29 is 4.79 Å². The molecule has 1 aromatic heterocycles. The summed E-state index contributed by atoms with van der Waals surface area (Å²) in [5.74, 6) is -0.0334. The molecule has 0 atom stereocenters. The van der Waals surface area contributed by atoms with E-state index in [4.69, 9.17) is 5.10 Å². The van der Waals surface area contributed by atoms with Gasteiger partial charge in [-0.1, -0.05) is 120 Å².